The normalized spacial score (nSPS) is 12.7. The van der Waals surface area contributed by atoms with Crippen molar-refractivity contribution in [2.24, 2.45) is 0 Å². The summed E-state index contributed by atoms with van der Waals surface area (Å²) in [7, 11) is -2.56. The fourth-order valence-electron chi connectivity index (χ4n) is 3.83. The molecule has 0 aliphatic heterocycles. The first-order valence-corrected chi connectivity index (χ1v) is 14.4. The van der Waals surface area contributed by atoms with Crippen molar-refractivity contribution in [3.8, 4) is 5.75 Å². The van der Waals surface area contributed by atoms with Crippen molar-refractivity contribution < 1.29 is 22.7 Å². The van der Waals surface area contributed by atoms with E-state index in [2.05, 4.69) is 5.32 Å². The molecule has 0 spiro atoms. The Morgan fingerprint density at radius 2 is 1.56 bits per heavy atom. The lowest BCUT2D eigenvalue weighted by Crippen LogP contribution is -2.52. The SMILES string of the molecule is CCC(C)NC(=O)C(C)N(Cc1ccc(OC)cc1)C(=O)CN(c1ccc(Cl)cc1)S(=O)(=O)c1ccccc1. The monoisotopic (exact) mass is 571 g/mol. The number of carbonyl (C=O) groups is 2. The van der Waals surface area contributed by atoms with Gasteiger partial charge in [-0.1, -0.05) is 48.9 Å². The number of amides is 2. The van der Waals surface area contributed by atoms with E-state index in [4.69, 9.17) is 16.3 Å². The summed E-state index contributed by atoms with van der Waals surface area (Å²) in [6.45, 7) is 5.05. The topological polar surface area (TPSA) is 96.0 Å². The molecule has 0 heterocycles. The molecule has 0 aliphatic carbocycles. The highest BCUT2D eigenvalue weighted by Crippen LogP contribution is 2.26. The van der Waals surface area contributed by atoms with E-state index in [0.29, 0.717) is 10.8 Å². The molecule has 39 heavy (non-hydrogen) atoms. The average Bonchev–Trinajstić information content (AvgIpc) is 2.95. The number of ether oxygens (including phenoxy) is 1. The number of rotatable bonds is 12. The number of methoxy groups -OCH3 is 1. The number of halogens is 1. The number of sulfonamides is 1. The minimum Gasteiger partial charge on any atom is -0.497 e. The molecule has 0 aliphatic rings. The van der Waals surface area contributed by atoms with Crippen LogP contribution in [-0.2, 0) is 26.2 Å². The van der Waals surface area contributed by atoms with Gasteiger partial charge in [0.05, 0.1) is 17.7 Å². The number of benzene rings is 3. The lowest BCUT2D eigenvalue weighted by Gasteiger charge is -2.32. The molecule has 8 nitrogen and oxygen atoms in total. The molecule has 0 saturated carbocycles. The van der Waals surface area contributed by atoms with Crippen LogP contribution in [0, 0.1) is 0 Å². The van der Waals surface area contributed by atoms with Gasteiger partial charge in [0.1, 0.15) is 18.3 Å². The van der Waals surface area contributed by atoms with Gasteiger partial charge in [0.25, 0.3) is 10.0 Å². The number of nitrogens with zero attached hydrogens (tertiary/aromatic N) is 2. The highest BCUT2D eigenvalue weighted by Gasteiger charge is 2.32. The zero-order valence-corrected chi connectivity index (χ0v) is 24.1. The first-order chi connectivity index (χ1) is 18.6. The number of nitrogens with one attached hydrogen (secondary N) is 1. The highest BCUT2D eigenvalue weighted by atomic mass is 35.5. The summed E-state index contributed by atoms with van der Waals surface area (Å²) >= 11 is 6.05. The Balaban J connectivity index is 2.00. The summed E-state index contributed by atoms with van der Waals surface area (Å²) in [4.78, 5) is 28.4. The molecule has 2 atom stereocenters. The molecule has 3 aromatic carbocycles. The Labute approximate surface area is 235 Å². The molecule has 208 valence electrons. The summed E-state index contributed by atoms with van der Waals surface area (Å²) in [5, 5.41) is 3.35. The fraction of sp³-hybridized carbons (Fsp3) is 0.310. The largest absolute Gasteiger partial charge is 0.497 e. The molecular formula is C29H34ClN3O5S. The second-order valence-electron chi connectivity index (χ2n) is 9.16. The fourth-order valence-corrected chi connectivity index (χ4v) is 5.39. The first-order valence-electron chi connectivity index (χ1n) is 12.6. The molecule has 3 aromatic rings. The molecule has 2 unspecified atom stereocenters. The second kappa shape index (κ2) is 13.5. The van der Waals surface area contributed by atoms with E-state index in [-0.39, 0.29) is 29.1 Å². The number of hydrogen-bond donors (Lipinski definition) is 1. The smallest absolute Gasteiger partial charge is 0.264 e. The summed E-state index contributed by atoms with van der Waals surface area (Å²) in [5.74, 6) is -0.204. The van der Waals surface area contributed by atoms with Crippen molar-refractivity contribution in [3.63, 3.8) is 0 Å². The molecule has 0 aromatic heterocycles. The lowest BCUT2D eigenvalue weighted by molar-refractivity contribution is -0.139. The van der Waals surface area contributed by atoms with Crippen molar-refractivity contribution in [3.05, 3.63) is 89.4 Å². The van der Waals surface area contributed by atoms with Gasteiger partial charge in [0.15, 0.2) is 0 Å². The molecule has 0 bridgehead atoms. The molecule has 0 radical (unpaired) electrons. The van der Waals surface area contributed by atoms with Gasteiger partial charge in [-0.3, -0.25) is 13.9 Å². The Hall–Kier alpha value is -3.56. The third kappa shape index (κ3) is 7.74. The summed E-state index contributed by atoms with van der Waals surface area (Å²) in [6, 6.07) is 20.3. The van der Waals surface area contributed by atoms with Crippen molar-refractivity contribution in [2.75, 3.05) is 18.0 Å². The van der Waals surface area contributed by atoms with Gasteiger partial charge < -0.3 is 15.0 Å². The maximum Gasteiger partial charge on any atom is 0.264 e. The number of carbonyl (C=O) groups excluding carboxylic acids is 2. The van der Waals surface area contributed by atoms with E-state index in [1.807, 2.05) is 13.8 Å². The third-order valence-electron chi connectivity index (χ3n) is 6.40. The number of anilines is 1. The third-order valence-corrected chi connectivity index (χ3v) is 8.45. The van der Waals surface area contributed by atoms with Crippen LogP contribution in [-0.4, -0.2) is 50.9 Å². The Morgan fingerprint density at radius 1 is 0.949 bits per heavy atom. The van der Waals surface area contributed by atoms with Crippen molar-refractivity contribution in [1.29, 1.82) is 0 Å². The summed E-state index contributed by atoms with van der Waals surface area (Å²) in [6.07, 6.45) is 0.727. The first kappa shape index (κ1) is 30.0. The van der Waals surface area contributed by atoms with Crippen LogP contribution in [0.4, 0.5) is 5.69 Å². The van der Waals surface area contributed by atoms with Crippen LogP contribution in [0.2, 0.25) is 5.02 Å². The zero-order valence-electron chi connectivity index (χ0n) is 22.5. The van der Waals surface area contributed by atoms with Crippen LogP contribution in [0.1, 0.15) is 32.8 Å². The van der Waals surface area contributed by atoms with Gasteiger partial charge in [0.2, 0.25) is 11.8 Å². The maximum absolute atomic E-state index is 13.9. The van der Waals surface area contributed by atoms with Gasteiger partial charge >= 0.3 is 0 Å². The van der Waals surface area contributed by atoms with E-state index >= 15 is 0 Å². The van der Waals surface area contributed by atoms with E-state index in [0.717, 1.165) is 16.3 Å². The van der Waals surface area contributed by atoms with Gasteiger partial charge in [-0.25, -0.2) is 8.42 Å². The lowest BCUT2D eigenvalue weighted by atomic mass is 10.1. The van der Waals surface area contributed by atoms with Crippen LogP contribution >= 0.6 is 11.6 Å². The van der Waals surface area contributed by atoms with E-state index in [1.165, 1.54) is 17.0 Å². The highest BCUT2D eigenvalue weighted by molar-refractivity contribution is 7.92. The molecule has 0 fully saturated rings. The Morgan fingerprint density at radius 3 is 2.13 bits per heavy atom. The van der Waals surface area contributed by atoms with Gasteiger partial charge in [-0.2, -0.15) is 0 Å². The maximum atomic E-state index is 13.9. The predicted molar refractivity (Wildman–Crippen MR) is 153 cm³/mol. The van der Waals surface area contributed by atoms with Crippen LogP contribution in [0.25, 0.3) is 0 Å². The zero-order chi connectivity index (χ0) is 28.6. The Kier molecular flexibility index (Phi) is 10.4. The van der Waals surface area contributed by atoms with Crippen molar-refractivity contribution in [2.45, 2.75) is 50.7 Å². The van der Waals surface area contributed by atoms with E-state index in [9.17, 15) is 18.0 Å². The van der Waals surface area contributed by atoms with Gasteiger partial charge in [-0.15, -0.1) is 0 Å². The number of hydrogen-bond acceptors (Lipinski definition) is 5. The molecule has 0 saturated heterocycles. The quantitative estimate of drug-likeness (QED) is 0.334. The van der Waals surface area contributed by atoms with Gasteiger partial charge in [-0.05, 0) is 74.4 Å². The van der Waals surface area contributed by atoms with Gasteiger partial charge in [0, 0.05) is 17.6 Å². The van der Waals surface area contributed by atoms with Crippen LogP contribution in [0.15, 0.2) is 83.8 Å². The standard InChI is InChI=1S/C29H34ClN3O5S/c1-5-21(2)31-29(35)22(3)32(19-23-11-17-26(38-4)18-12-23)28(34)20-33(25-15-13-24(30)14-16-25)39(36,37)27-9-7-6-8-10-27/h6-18,21-22H,5,19-20H2,1-4H3,(H,31,35). The summed E-state index contributed by atoms with van der Waals surface area (Å²) in [5.41, 5.74) is 1.04. The second-order valence-corrected chi connectivity index (χ2v) is 11.5. The van der Waals surface area contributed by atoms with Crippen LogP contribution in [0.5, 0.6) is 5.75 Å². The molecule has 2 amide bonds. The molecular weight excluding hydrogens is 538 g/mol. The van der Waals surface area contributed by atoms with E-state index < -0.39 is 28.5 Å². The molecule has 3 rings (SSSR count). The van der Waals surface area contributed by atoms with Crippen molar-refractivity contribution in [1.82, 2.24) is 10.2 Å². The van der Waals surface area contributed by atoms with Crippen LogP contribution in [0.3, 0.4) is 0 Å². The summed E-state index contributed by atoms with van der Waals surface area (Å²) < 4.78 is 33.7. The minimum absolute atomic E-state index is 0.0389. The predicted octanol–water partition coefficient (Wildman–Crippen LogP) is 4.88. The average molecular weight is 572 g/mol. The Bertz CT molecular complexity index is 1350. The van der Waals surface area contributed by atoms with Crippen LogP contribution < -0.4 is 14.4 Å². The minimum atomic E-state index is -4.12. The molecule has 10 heteroatoms. The molecule has 1 N–H and O–H groups in total. The van der Waals surface area contributed by atoms with E-state index in [1.54, 1.807) is 80.8 Å². The van der Waals surface area contributed by atoms with Crippen molar-refractivity contribution >= 4 is 39.1 Å².